The maximum absolute atomic E-state index is 14.0. The lowest BCUT2D eigenvalue weighted by Crippen LogP contribution is -2.24. The lowest BCUT2D eigenvalue weighted by atomic mass is 10.1. The predicted octanol–water partition coefficient (Wildman–Crippen LogP) is 2.45. The average Bonchev–Trinajstić information content (AvgIpc) is 2.85. The summed E-state index contributed by atoms with van der Waals surface area (Å²) < 4.78 is 33.1. The minimum Gasteiger partial charge on any atom is -0.462 e. The molecule has 0 aliphatic rings. The van der Waals surface area contributed by atoms with Gasteiger partial charge in [0.2, 0.25) is 5.78 Å². The number of H-pyrrole nitrogens is 1. The minimum atomic E-state index is -0.792. The molecule has 1 aromatic carbocycles. The smallest absolute Gasteiger partial charge is 0.345 e. The summed E-state index contributed by atoms with van der Waals surface area (Å²) >= 11 is 0. The molecule has 0 aliphatic heterocycles. The number of hydrogen-bond acceptors (Lipinski definition) is 4. The Hall–Kier alpha value is -3.03. The van der Waals surface area contributed by atoms with Gasteiger partial charge in [-0.2, -0.15) is 0 Å². The van der Waals surface area contributed by atoms with Crippen LogP contribution in [0.25, 0.3) is 17.0 Å². The van der Waals surface area contributed by atoms with Crippen LogP contribution < -0.4 is 5.56 Å². The highest BCUT2D eigenvalue weighted by Crippen LogP contribution is 2.25. The number of benzene rings is 1. The number of carbonyl (C=O) groups excluding carboxylic acids is 1. The highest BCUT2D eigenvalue weighted by molar-refractivity contribution is 5.88. The molecular formula is C16H13F2N3O3. The fourth-order valence-corrected chi connectivity index (χ4v) is 2.46. The number of nitrogens with zero attached hydrogens (tertiary/aromatic N) is 2. The molecule has 0 saturated carbocycles. The quantitative estimate of drug-likeness (QED) is 0.747. The Bertz CT molecular complexity index is 1010. The maximum atomic E-state index is 14.0. The van der Waals surface area contributed by atoms with Crippen molar-refractivity contribution in [3.8, 4) is 11.3 Å². The SMILES string of the molecule is CCOC(=O)c1c[nH]c2nc(-c3ccc(F)cc3F)c(C)n2c1=O. The molecule has 2 heterocycles. The monoisotopic (exact) mass is 333 g/mol. The molecule has 0 radical (unpaired) electrons. The first kappa shape index (κ1) is 15.9. The molecule has 0 aliphatic carbocycles. The molecule has 8 heteroatoms. The number of aromatic nitrogens is 3. The molecule has 3 aromatic rings. The van der Waals surface area contributed by atoms with Crippen LogP contribution in [0.5, 0.6) is 0 Å². The number of rotatable bonds is 3. The second-order valence-corrected chi connectivity index (χ2v) is 5.06. The third-order valence-electron chi connectivity index (χ3n) is 3.57. The average molecular weight is 333 g/mol. The highest BCUT2D eigenvalue weighted by Gasteiger charge is 2.20. The Morgan fingerprint density at radius 3 is 2.79 bits per heavy atom. The van der Waals surface area contributed by atoms with Crippen molar-refractivity contribution in [3.05, 3.63) is 57.6 Å². The molecule has 1 N–H and O–H groups in total. The van der Waals surface area contributed by atoms with Gasteiger partial charge in [0, 0.05) is 17.8 Å². The molecule has 3 rings (SSSR count). The molecule has 0 atom stereocenters. The molecule has 0 fully saturated rings. The van der Waals surface area contributed by atoms with E-state index in [2.05, 4.69) is 9.97 Å². The van der Waals surface area contributed by atoms with Gasteiger partial charge in [-0.05, 0) is 26.0 Å². The number of halogens is 2. The van der Waals surface area contributed by atoms with E-state index in [0.717, 1.165) is 16.5 Å². The normalized spacial score (nSPS) is 11.0. The number of ether oxygens (including phenoxy) is 1. The van der Waals surface area contributed by atoms with Crippen molar-refractivity contribution in [1.29, 1.82) is 0 Å². The molecule has 124 valence electrons. The van der Waals surface area contributed by atoms with Gasteiger partial charge in [0.15, 0.2) is 0 Å². The molecule has 0 spiro atoms. The Kier molecular flexibility index (Phi) is 3.88. The van der Waals surface area contributed by atoms with E-state index < -0.39 is 23.2 Å². The molecular weight excluding hydrogens is 320 g/mol. The Labute approximate surface area is 134 Å². The Balaban J connectivity index is 2.23. The molecule has 0 saturated heterocycles. The van der Waals surface area contributed by atoms with Gasteiger partial charge in [-0.25, -0.2) is 23.0 Å². The van der Waals surface area contributed by atoms with E-state index in [0.29, 0.717) is 5.69 Å². The Morgan fingerprint density at radius 1 is 1.38 bits per heavy atom. The zero-order valence-electron chi connectivity index (χ0n) is 12.9. The van der Waals surface area contributed by atoms with Crippen molar-refractivity contribution in [2.75, 3.05) is 6.61 Å². The predicted molar refractivity (Wildman–Crippen MR) is 81.9 cm³/mol. The molecule has 0 bridgehead atoms. The van der Waals surface area contributed by atoms with E-state index in [1.807, 2.05) is 0 Å². The van der Waals surface area contributed by atoms with Crippen molar-refractivity contribution in [2.45, 2.75) is 13.8 Å². The van der Waals surface area contributed by atoms with Gasteiger partial charge in [0.25, 0.3) is 5.56 Å². The number of fused-ring (bicyclic) bond motifs is 1. The van der Waals surface area contributed by atoms with E-state index in [1.54, 1.807) is 13.8 Å². The maximum Gasteiger partial charge on any atom is 0.345 e. The van der Waals surface area contributed by atoms with Crippen molar-refractivity contribution < 1.29 is 18.3 Å². The summed E-state index contributed by atoms with van der Waals surface area (Å²) in [6.07, 6.45) is 1.20. The van der Waals surface area contributed by atoms with E-state index in [-0.39, 0.29) is 29.2 Å². The number of carbonyl (C=O) groups is 1. The van der Waals surface area contributed by atoms with Crippen LogP contribution in [0.2, 0.25) is 0 Å². The van der Waals surface area contributed by atoms with Crippen LogP contribution >= 0.6 is 0 Å². The van der Waals surface area contributed by atoms with Crippen LogP contribution in [0.1, 0.15) is 23.0 Å². The number of hydrogen-bond donors (Lipinski definition) is 1. The summed E-state index contributed by atoms with van der Waals surface area (Å²) in [4.78, 5) is 31.2. The van der Waals surface area contributed by atoms with Crippen LogP contribution in [0.3, 0.4) is 0 Å². The summed E-state index contributed by atoms with van der Waals surface area (Å²) in [7, 11) is 0. The minimum absolute atomic E-state index is 0.0584. The van der Waals surface area contributed by atoms with Crippen molar-refractivity contribution >= 4 is 11.7 Å². The van der Waals surface area contributed by atoms with Crippen LogP contribution in [-0.2, 0) is 4.74 Å². The van der Waals surface area contributed by atoms with Crippen molar-refractivity contribution in [3.63, 3.8) is 0 Å². The zero-order valence-corrected chi connectivity index (χ0v) is 12.9. The van der Waals surface area contributed by atoms with Crippen LogP contribution in [0.15, 0.2) is 29.2 Å². The van der Waals surface area contributed by atoms with E-state index in [9.17, 15) is 18.4 Å². The summed E-state index contributed by atoms with van der Waals surface area (Å²) in [5.74, 6) is -2.12. The number of aromatic amines is 1. The van der Waals surface area contributed by atoms with E-state index in [4.69, 9.17) is 4.74 Å². The van der Waals surface area contributed by atoms with Gasteiger partial charge in [-0.3, -0.25) is 4.79 Å². The number of aryl methyl sites for hydroxylation is 1. The van der Waals surface area contributed by atoms with Crippen molar-refractivity contribution in [1.82, 2.24) is 14.4 Å². The van der Waals surface area contributed by atoms with Gasteiger partial charge in [-0.1, -0.05) is 0 Å². The van der Waals surface area contributed by atoms with Crippen LogP contribution in [0.4, 0.5) is 8.78 Å². The lowest BCUT2D eigenvalue weighted by Gasteiger charge is -2.03. The standard InChI is InChI=1S/C16H13F2N3O3/c1-3-24-15(23)11-7-19-16-20-13(8(2)21(16)14(11)22)10-5-4-9(17)6-12(10)18/h4-7H,3H2,1-2H3,(H,19,20). The fraction of sp³-hybridized carbons (Fsp3) is 0.188. The second-order valence-electron chi connectivity index (χ2n) is 5.06. The third kappa shape index (κ3) is 2.45. The van der Waals surface area contributed by atoms with Gasteiger partial charge in [0.05, 0.1) is 18.0 Å². The van der Waals surface area contributed by atoms with Gasteiger partial charge in [0.1, 0.15) is 17.2 Å². The molecule has 0 amide bonds. The van der Waals surface area contributed by atoms with E-state index in [1.165, 1.54) is 12.3 Å². The second kappa shape index (κ2) is 5.88. The number of imidazole rings is 1. The number of esters is 1. The molecule has 0 unspecified atom stereocenters. The molecule has 24 heavy (non-hydrogen) atoms. The van der Waals surface area contributed by atoms with Crippen LogP contribution in [-0.4, -0.2) is 26.9 Å². The summed E-state index contributed by atoms with van der Waals surface area (Å²) in [6, 6.07) is 3.09. The summed E-state index contributed by atoms with van der Waals surface area (Å²) in [5.41, 5.74) is -0.246. The molecule has 6 nitrogen and oxygen atoms in total. The third-order valence-corrected chi connectivity index (χ3v) is 3.57. The van der Waals surface area contributed by atoms with Crippen LogP contribution in [0, 0.1) is 18.6 Å². The van der Waals surface area contributed by atoms with Crippen molar-refractivity contribution in [2.24, 2.45) is 0 Å². The first-order chi connectivity index (χ1) is 11.4. The summed E-state index contributed by atoms with van der Waals surface area (Å²) in [6.45, 7) is 3.32. The first-order valence-electron chi connectivity index (χ1n) is 7.17. The van der Waals surface area contributed by atoms with Gasteiger partial charge >= 0.3 is 5.97 Å². The summed E-state index contributed by atoms with van der Waals surface area (Å²) in [5, 5.41) is 0. The molecule has 2 aromatic heterocycles. The first-order valence-corrected chi connectivity index (χ1v) is 7.17. The number of nitrogens with one attached hydrogen (secondary N) is 1. The lowest BCUT2D eigenvalue weighted by molar-refractivity contribution is 0.0523. The van der Waals surface area contributed by atoms with E-state index >= 15 is 0 Å². The van der Waals surface area contributed by atoms with Gasteiger partial charge < -0.3 is 9.72 Å². The Morgan fingerprint density at radius 2 is 2.12 bits per heavy atom. The zero-order chi connectivity index (χ0) is 17.4. The topological polar surface area (TPSA) is 76.5 Å². The highest BCUT2D eigenvalue weighted by atomic mass is 19.1. The largest absolute Gasteiger partial charge is 0.462 e. The fourth-order valence-electron chi connectivity index (χ4n) is 2.46. The van der Waals surface area contributed by atoms with Gasteiger partial charge in [-0.15, -0.1) is 0 Å².